The molecule has 0 aliphatic carbocycles. The highest BCUT2D eigenvalue weighted by Crippen LogP contribution is 2.23. The van der Waals surface area contributed by atoms with Crippen LogP contribution in [-0.2, 0) is 4.74 Å². The number of hydrogen-bond acceptors (Lipinski definition) is 4. The van der Waals surface area contributed by atoms with Crippen molar-refractivity contribution in [3.63, 3.8) is 0 Å². The van der Waals surface area contributed by atoms with Gasteiger partial charge in [0.25, 0.3) is 0 Å². The lowest BCUT2D eigenvalue weighted by atomic mass is 10.2. The minimum Gasteiger partial charge on any atom is -0.467 e. The molecule has 140 valence electrons. The Morgan fingerprint density at radius 3 is 2.85 bits per heavy atom. The second-order valence-electron chi connectivity index (χ2n) is 6.64. The summed E-state index contributed by atoms with van der Waals surface area (Å²) in [6.45, 7) is 5.44. The summed E-state index contributed by atoms with van der Waals surface area (Å²) in [5.74, 6) is 0.735. The third-order valence-electron chi connectivity index (χ3n) is 4.57. The molecule has 4 rings (SSSR count). The van der Waals surface area contributed by atoms with E-state index < -0.39 is 0 Å². The smallest absolute Gasteiger partial charge is 0.322 e. The zero-order chi connectivity index (χ0) is 18.8. The molecule has 1 unspecified atom stereocenters. The van der Waals surface area contributed by atoms with Gasteiger partial charge in [0.15, 0.2) is 0 Å². The van der Waals surface area contributed by atoms with E-state index in [1.165, 1.54) is 0 Å². The summed E-state index contributed by atoms with van der Waals surface area (Å²) in [5.41, 5.74) is 3.64. The SMILES string of the molecule is Cc1cc(C)n(-c2cccc(NC(=O)N3CCOC(c4ccco4)C3)c2)n1. The van der Waals surface area contributed by atoms with Crippen LogP contribution in [0.2, 0.25) is 0 Å². The average molecular weight is 366 g/mol. The second kappa shape index (κ2) is 7.28. The predicted molar refractivity (Wildman–Crippen MR) is 101 cm³/mol. The van der Waals surface area contributed by atoms with Crippen molar-refractivity contribution < 1.29 is 13.9 Å². The van der Waals surface area contributed by atoms with Crippen molar-refractivity contribution in [3.05, 3.63) is 65.9 Å². The molecule has 3 aromatic rings. The summed E-state index contributed by atoms with van der Waals surface area (Å²) in [6, 6.07) is 13.2. The fourth-order valence-electron chi connectivity index (χ4n) is 3.29. The van der Waals surface area contributed by atoms with Gasteiger partial charge in [0.2, 0.25) is 0 Å². The number of hydrogen-bond donors (Lipinski definition) is 1. The molecule has 1 N–H and O–H groups in total. The van der Waals surface area contributed by atoms with Crippen LogP contribution in [0.4, 0.5) is 10.5 Å². The van der Waals surface area contributed by atoms with E-state index in [0.717, 1.165) is 28.5 Å². The average Bonchev–Trinajstić information content (AvgIpc) is 3.32. The van der Waals surface area contributed by atoms with Crippen LogP contribution >= 0.6 is 0 Å². The van der Waals surface area contributed by atoms with Gasteiger partial charge in [-0.1, -0.05) is 6.07 Å². The summed E-state index contributed by atoms with van der Waals surface area (Å²) in [7, 11) is 0. The van der Waals surface area contributed by atoms with Crippen molar-refractivity contribution in [2.75, 3.05) is 25.0 Å². The Bertz CT molecular complexity index is 933. The van der Waals surface area contributed by atoms with Crippen molar-refractivity contribution in [1.82, 2.24) is 14.7 Å². The molecule has 2 aromatic heterocycles. The van der Waals surface area contributed by atoms with Crippen molar-refractivity contribution in [2.45, 2.75) is 20.0 Å². The van der Waals surface area contributed by atoms with E-state index in [1.807, 2.05) is 61.0 Å². The Labute approximate surface area is 157 Å². The van der Waals surface area contributed by atoms with Crippen LogP contribution in [-0.4, -0.2) is 40.4 Å². The summed E-state index contributed by atoms with van der Waals surface area (Å²) in [5, 5.41) is 7.47. The Morgan fingerprint density at radius 1 is 1.22 bits per heavy atom. The maximum atomic E-state index is 12.7. The molecule has 1 aliphatic heterocycles. The van der Waals surface area contributed by atoms with Crippen molar-refractivity contribution in [3.8, 4) is 5.69 Å². The molecule has 1 aliphatic rings. The first kappa shape index (κ1) is 17.4. The number of nitrogens with zero attached hydrogens (tertiary/aromatic N) is 3. The Balaban J connectivity index is 1.46. The fraction of sp³-hybridized carbons (Fsp3) is 0.300. The van der Waals surface area contributed by atoms with Crippen LogP contribution in [0.25, 0.3) is 5.69 Å². The largest absolute Gasteiger partial charge is 0.467 e. The number of rotatable bonds is 3. The molecule has 0 spiro atoms. The highest BCUT2D eigenvalue weighted by Gasteiger charge is 2.27. The van der Waals surface area contributed by atoms with Gasteiger partial charge in [-0.05, 0) is 50.2 Å². The number of benzene rings is 1. The molecule has 1 atom stereocenters. The summed E-state index contributed by atoms with van der Waals surface area (Å²) in [4.78, 5) is 14.5. The minimum absolute atomic E-state index is 0.152. The van der Waals surface area contributed by atoms with Crippen molar-refractivity contribution in [2.24, 2.45) is 0 Å². The lowest BCUT2D eigenvalue weighted by molar-refractivity contribution is -0.0242. The van der Waals surface area contributed by atoms with Gasteiger partial charge in [-0.25, -0.2) is 9.48 Å². The Hall–Kier alpha value is -3.06. The van der Waals surface area contributed by atoms with Gasteiger partial charge >= 0.3 is 6.03 Å². The van der Waals surface area contributed by atoms with E-state index in [0.29, 0.717) is 19.7 Å². The summed E-state index contributed by atoms with van der Waals surface area (Å²) in [6.07, 6.45) is 1.38. The molecular weight excluding hydrogens is 344 g/mol. The lowest BCUT2D eigenvalue weighted by Gasteiger charge is -2.32. The van der Waals surface area contributed by atoms with E-state index in [9.17, 15) is 4.79 Å². The van der Waals surface area contributed by atoms with Gasteiger partial charge in [0.1, 0.15) is 11.9 Å². The van der Waals surface area contributed by atoms with E-state index in [2.05, 4.69) is 10.4 Å². The topological polar surface area (TPSA) is 72.5 Å². The normalized spacial score (nSPS) is 17.1. The Morgan fingerprint density at radius 2 is 2.11 bits per heavy atom. The van der Waals surface area contributed by atoms with Crippen LogP contribution in [0.5, 0.6) is 0 Å². The molecule has 1 aromatic carbocycles. The quantitative estimate of drug-likeness (QED) is 0.767. The number of carbonyl (C=O) groups is 1. The van der Waals surface area contributed by atoms with Crippen LogP contribution in [0, 0.1) is 13.8 Å². The lowest BCUT2D eigenvalue weighted by Crippen LogP contribution is -2.44. The zero-order valence-corrected chi connectivity index (χ0v) is 15.4. The van der Waals surface area contributed by atoms with E-state index >= 15 is 0 Å². The molecule has 27 heavy (non-hydrogen) atoms. The number of aryl methyl sites for hydroxylation is 2. The fourth-order valence-corrected chi connectivity index (χ4v) is 3.29. The first-order valence-corrected chi connectivity index (χ1v) is 8.95. The third kappa shape index (κ3) is 3.73. The van der Waals surface area contributed by atoms with Crippen LogP contribution < -0.4 is 5.32 Å². The minimum atomic E-state index is -0.236. The second-order valence-corrected chi connectivity index (χ2v) is 6.64. The standard InChI is InChI=1S/C20H22N4O3/c1-14-11-15(2)24(22-14)17-6-3-5-16(12-17)21-20(25)23-8-10-27-19(13-23)18-7-4-9-26-18/h3-7,9,11-12,19H,8,10,13H2,1-2H3,(H,21,25). The number of carbonyl (C=O) groups excluding carboxylic acids is 1. The summed E-state index contributed by atoms with van der Waals surface area (Å²) >= 11 is 0. The number of morpholine rings is 1. The molecule has 7 heteroatoms. The van der Waals surface area contributed by atoms with Crippen molar-refractivity contribution >= 4 is 11.7 Å². The molecule has 1 saturated heterocycles. The van der Waals surface area contributed by atoms with Gasteiger partial charge in [-0.2, -0.15) is 5.10 Å². The van der Waals surface area contributed by atoms with Crippen LogP contribution in [0.15, 0.2) is 53.1 Å². The van der Waals surface area contributed by atoms with Crippen LogP contribution in [0.3, 0.4) is 0 Å². The van der Waals surface area contributed by atoms with Gasteiger partial charge in [0.05, 0.1) is 30.8 Å². The molecule has 2 amide bonds. The maximum absolute atomic E-state index is 12.7. The molecule has 0 bridgehead atoms. The number of ether oxygens (including phenoxy) is 1. The molecule has 7 nitrogen and oxygen atoms in total. The van der Waals surface area contributed by atoms with Gasteiger partial charge < -0.3 is 19.4 Å². The number of nitrogens with one attached hydrogen (secondary N) is 1. The molecule has 3 heterocycles. The maximum Gasteiger partial charge on any atom is 0.322 e. The van der Waals surface area contributed by atoms with Crippen LogP contribution in [0.1, 0.15) is 23.3 Å². The van der Waals surface area contributed by atoms with Crippen molar-refractivity contribution in [1.29, 1.82) is 0 Å². The number of urea groups is 1. The van der Waals surface area contributed by atoms with E-state index in [4.69, 9.17) is 9.15 Å². The summed E-state index contributed by atoms with van der Waals surface area (Å²) < 4.78 is 13.0. The third-order valence-corrected chi connectivity index (χ3v) is 4.57. The number of amides is 2. The number of furan rings is 1. The van der Waals surface area contributed by atoms with E-state index in [-0.39, 0.29) is 12.1 Å². The van der Waals surface area contributed by atoms with Gasteiger partial charge in [-0.3, -0.25) is 0 Å². The molecule has 1 fully saturated rings. The molecule has 0 radical (unpaired) electrons. The first-order chi connectivity index (χ1) is 13.1. The highest BCUT2D eigenvalue weighted by atomic mass is 16.5. The number of anilines is 1. The van der Waals surface area contributed by atoms with E-state index in [1.54, 1.807) is 11.2 Å². The Kier molecular flexibility index (Phi) is 4.68. The highest BCUT2D eigenvalue weighted by molar-refractivity contribution is 5.89. The predicted octanol–water partition coefficient (Wildman–Crippen LogP) is 3.69. The molecule has 0 saturated carbocycles. The first-order valence-electron chi connectivity index (χ1n) is 8.95. The monoisotopic (exact) mass is 366 g/mol. The molecular formula is C20H22N4O3. The van der Waals surface area contributed by atoms with Gasteiger partial charge in [-0.15, -0.1) is 0 Å². The zero-order valence-electron chi connectivity index (χ0n) is 15.4. The van der Waals surface area contributed by atoms with Gasteiger partial charge in [0, 0.05) is 17.9 Å². The number of aromatic nitrogens is 2.